The van der Waals surface area contributed by atoms with E-state index in [4.69, 9.17) is 17.3 Å². The summed E-state index contributed by atoms with van der Waals surface area (Å²) < 4.78 is 0. The SMILES string of the molecule is N#CC1=C(N)C(C#N)(C#N)[C@@H](c2ccc(Cl)c([N+](=O)[O-])c2)[C@H]2CCCC=C12. The van der Waals surface area contributed by atoms with Gasteiger partial charge >= 0.3 is 0 Å². The molecular formula is C19H14ClN5O2. The standard InChI is InChI=1S/C19H14ClN5O2/c20-15-6-5-11(7-16(15)25(26)27)17-13-4-2-1-3-12(13)14(8-21)18(24)19(17,9-22)10-23/h3,5-7,13,17H,1-2,4,24H2/t13-,17-/m0/s1. The quantitative estimate of drug-likeness (QED) is 0.611. The second-order valence-corrected chi connectivity index (χ2v) is 6.98. The van der Waals surface area contributed by atoms with E-state index in [0.717, 1.165) is 12.8 Å². The highest BCUT2D eigenvalue weighted by Crippen LogP contribution is 2.56. The van der Waals surface area contributed by atoms with Crippen LogP contribution >= 0.6 is 11.6 Å². The monoisotopic (exact) mass is 379 g/mol. The molecule has 0 amide bonds. The molecule has 0 heterocycles. The van der Waals surface area contributed by atoms with Crippen LogP contribution in [0.3, 0.4) is 0 Å². The maximum atomic E-state index is 11.3. The van der Waals surface area contributed by atoms with E-state index in [1.165, 1.54) is 12.1 Å². The first-order valence-corrected chi connectivity index (χ1v) is 8.66. The van der Waals surface area contributed by atoms with Crippen LogP contribution in [0.15, 0.2) is 41.1 Å². The molecule has 1 aromatic carbocycles. The van der Waals surface area contributed by atoms with Crippen molar-refractivity contribution in [2.75, 3.05) is 0 Å². The van der Waals surface area contributed by atoms with Crippen molar-refractivity contribution in [3.05, 3.63) is 61.8 Å². The molecule has 0 fully saturated rings. The lowest BCUT2D eigenvalue weighted by Gasteiger charge is -2.43. The first kappa shape index (κ1) is 18.5. The summed E-state index contributed by atoms with van der Waals surface area (Å²) >= 11 is 5.92. The van der Waals surface area contributed by atoms with Crippen molar-refractivity contribution in [3.8, 4) is 18.2 Å². The van der Waals surface area contributed by atoms with E-state index in [1.807, 2.05) is 24.3 Å². The molecule has 1 aromatic rings. The molecule has 2 atom stereocenters. The second-order valence-electron chi connectivity index (χ2n) is 6.57. The molecule has 0 spiro atoms. The molecule has 3 rings (SSSR count). The highest BCUT2D eigenvalue weighted by Gasteiger charge is 2.54. The summed E-state index contributed by atoms with van der Waals surface area (Å²) in [5.41, 5.74) is 5.30. The van der Waals surface area contributed by atoms with Crippen molar-refractivity contribution in [2.45, 2.75) is 25.2 Å². The Morgan fingerprint density at radius 2 is 2.00 bits per heavy atom. The van der Waals surface area contributed by atoms with Crippen LogP contribution in [0.4, 0.5) is 5.69 Å². The molecule has 0 saturated carbocycles. The van der Waals surface area contributed by atoms with Gasteiger partial charge in [0.15, 0.2) is 5.41 Å². The summed E-state index contributed by atoms with van der Waals surface area (Å²) in [7, 11) is 0. The van der Waals surface area contributed by atoms with Gasteiger partial charge < -0.3 is 5.73 Å². The molecule has 0 aromatic heterocycles. The lowest BCUT2D eigenvalue weighted by atomic mass is 9.57. The fourth-order valence-electron chi connectivity index (χ4n) is 4.11. The molecule has 0 bridgehead atoms. The summed E-state index contributed by atoms with van der Waals surface area (Å²) in [4.78, 5) is 10.7. The van der Waals surface area contributed by atoms with Crippen LogP contribution < -0.4 is 5.73 Å². The van der Waals surface area contributed by atoms with Gasteiger partial charge in [0.25, 0.3) is 5.69 Å². The molecule has 0 aliphatic heterocycles. The summed E-state index contributed by atoms with van der Waals surface area (Å²) in [6.45, 7) is 0. The van der Waals surface area contributed by atoms with E-state index in [1.54, 1.807) is 6.07 Å². The van der Waals surface area contributed by atoms with Gasteiger partial charge in [-0.15, -0.1) is 0 Å². The van der Waals surface area contributed by atoms with Crippen LogP contribution in [0.25, 0.3) is 0 Å². The highest BCUT2D eigenvalue weighted by molar-refractivity contribution is 6.32. The lowest BCUT2D eigenvalue weighted by Crippen LogP contribution is -2.42. The minimum atomic E-state index is -1.79. The van der Waals surface area contributed by atoms with Crippen LogP contribution in [0.2, 0.25) is 5.02 Å². The van der Waals surface area contributed by atoms with Crippen LogP contribution in [0.5, 0.6) is 0 Å². The van der Waals surface area contributed by atoms with Crippen LogP contribution in [-0.2, 0) is 0 Å². The van der Waals surface area contributed by atoms with Gasteiger partial charge in [-0.05, 0) is 42.4 Å². The van der Waals surface area contributed by atoms with Crippen LogP contribution in [0.1, 0.15) is 30.7 Å². The molecule has 134 valence electrons. The van der Waals surface area contributed by atoms with Gasteiger partial charge in [-0.1, -0.05) is 23.7 Å². The zero-order valence-corrected chi connectivity index (χ0v) is 14.9. The van der Waals surface area contributed by atoms with Gasteiger partial charge in [-0.3, -0.25) is 10.1 Å². The van der Waals surface area contributed by atoms with Crippen molar-refractivity contribution in [3.63, 3.8) is 0 Å². The predicted octanol–water partition coefficient (Wildman–Crippen LogP) is 3.84. The maximum Gasteiger partial charge on any atom is 0.288 e. The molecule has 7 nitrogen and oxygen atoms in total. The van der Waals surface area contributed by atoms with Crippen LogP contribution in [0, 0.1) is 55.4 Å². The van der Waals surface area contributed by atoms with Gasteiger partial charge in [0.2, 0.25) is 0 Å². The fourth-order valence-corrected chi connectivity index (χ4v) is 4.30. The van der Waals surface area contributed by atoms with E-state index < -0.39 is 16.3 Å². The number of nitrogens with two attached hydrogens (primary N) is 1. The number of nitrogens with zero attached hydrogens (tertiary/aromatic N) is 4. The maximum absolute atomic E-state index is 11.3. The number of hydrogen-bond acceptors (Lipinski definition) is 6. The van der Waals surface area contributed by atoms with E-state index in [9.17, 15) is 25.9 Å². The average molecular weight is 380 g/mol. The van der Waals surface area contributed by atoms with Crippen molar-refractivity contribution in [2.24, 2.45) is 17.1 Å². The summed E-state index contributed by atoms with van der Waals surface area (Å²) in [5.74, 6) is -1.03. The smallest absolute Gasteiger partial charge is 0.288 e. The Bertz CT molecular complexity index is 1010. The van der Waals surface area contributed by atoms with E-state index >= 15 is 0 Å². The number of nitro groups is 1. The summed E-state index contributed by atoms with van der Waals surface area (Å²) in [5, 5.41) is 40.7. The van der Waals surface area contributed by atoms with Crippen molar-refractivity contribution in [1.82, 2.24) is 0 Å². The molecule has 2 aliphatic carbocycles. The third kappa shape index (κ3) is 2.63. The number of allylic oxidation sites excluding steroid dienone is 4. The third-order valence-electron chi connectivity index (χ3n) is 5.33. The fraction of sp³-hybridized carbons (Fsp3) is 0.316. The Labute approximate surface area is 160 Å². The van der Waals surface area contributed by atoms with E-state index in [2.05, 4.69) is 0 Å². The minimum Gasteiger partial charge on any atom is -0.399 e. The Morgan fingerprint density at radius 1 is 1.30 bits per heavy atom. The van der Waals surface area contributed by atoms with Gasteiger partial charge in [0, 0.05) is 12.0 Å². The normalized spacial score (nSPS) is 23.3. The van der Waals surface area contributed by atoms with E-state index in [-0.39, 0.29) is 27.9 Å². The third-order valence-corrected chi connectivity index (χ3v) is 5.64. The van der Waals surface area contributed by atoms with Gasteiger partial charge in [-0.25, -0.2) is 0 Å². The first-order valence-electron chi connectivity index (χ1n) is 8.28. The molecule has 0 unspecified atom stereocenters. The van der Waals surface area contributed by atoms with Gasteiger partial charge in [0.05, 0.1) is 28.3 Å². The van der Waals surface area contributed by atoms with Crippen LogP contribution in [-0.4, -0.2) is 4.92 Å². The number of hydrogen-bond donors (Lipinski definition) is 1. The Kier molecular flexibility index (Phi) is 4.62. The van der Waals surface area contributed by atoms with Crippen molar-refractivity contribution in [1.29, 1.82) is 15.8 Å². The summed E-state index contributed by atoms with van der Waals surface area (Å²) in [6, 6.07) is 10.3. The number of halogens is 1. The van der Waals surface area contributed by atoms with Gasteiger partial charge in [0.1, 0.15) is 11.1 Å². The zero-order chi connectivity index (χ0) is 19.8. The molecule has 0 radical (unpaired) electrons. The highest BCUT2D eigenvalue weighted by atomic mass is 35.5. The minimum absolute atomic E-state index is 0.0280. The number of nitro benzene ring substituents is 1. The van der Waals surface area contributed by atoms with E-state index in [0.29, 0.717) is 17.6 Å². The largest absolute Gasteiger partial charge is 0.399 e. The molecule has 0 saturated heterocycles. The second kappa shape index (κ2) is 6.76. The molecule has 2 aliphatic rings. The Hall–Kier alpha value is -3.34. The molecular weight excluding hydrogens is 366 g/mol. The Balaban J connectivity index is 2.34. The van der Waals surface area contributed by atoms with Gasteiger partial charge in [-0.2, -0.15) is 15.8 Å². The molecule has 8 heteroatoms. The van der Waals surface area contributed by atoms with Crippen molar-refractivity contribution < 1.29 is 4.92 Å². The topological polar surface area (TPSA) is 141 Å². The zero-order valence-electron chi connectivity index (χ0n) is 14.1. The Morgan fingerprint density at radius 3 is 2.59 bits per heavy atom. The molecule has 27 heavy (non-hydrogen) atoms. The van der Waals surface area contributed by atoms with Crippen molar-refractivity contribution >= 4 is 17.3 Å². The average Bonchev–Trinajstić information content (AvgIpc) is 2.67. The number of fused-ring (bicyclic) bond motifs is 1. The first-order chi connectivity index (χ1) is 12.9. The number of benzene rings is 1. The summed E-state index contributed by atoms with van der Waals surface area (Å²) in [6.07, 6.45) is 4.15. The predicted molar refractivity (Wildman–Crippen MR) is 96.8 cm³/mol. The number of rotatable bonds is 2. The lowest BCUT2D eigenvalue weighted by molar-refractivity contribution is -0.384. The number of nitriles is 3. The molecule has 2 N–H and O–H groups in total.